The molecule has 10 heteroatoms. The maximum Gasteiger partial charge on any atom is 0.293 e. The lowest BCUT2D eigenvalue weighted by atomic mass is 10.1. The van der Waals surface area contributed by atoms with E-state index in [1.807, 2.05) is 0 Å². The van der Waals surface area contributed by atoms with E-state index in [0.717, 1.165) is 6.07 Å². The summed E-state index contributed by atoms with van der Waals surface area (Å²) >= 11 is 0. The number of nitrogens with two attached hydrogens (primary N) is 1. The van der Waals surface area contributed by atoms with Gasteiger partial charge in [-0.3, -0.25) is 10.1 Å². The number of nitrogens with zero attached hydrogens (tertiary/aromatic N) is 2. The zero-order chi connectivity index (χ0) is 16.6. The molecule has 0 aliphatic carbocycles. The smallest absolute Gasteiger partial charge is 0.293 e. The zero-order valence-corrected chi connectivity index (χ0v) is 13.1. The minimum Gasteiger partial charge on any atom is -0.486 e. The van der Waals surface area contributed by atoms with Crippen LogP contribution in [0.25, 0.3) is 0 Å². The molecule has 1 saturated heterocycles. The van der Waals surface area contributed by atoms with Crippen LogP contribution in [0.3, 0.4) is 0 Å². The molecule has 2 heterocycles. The van der Waals surface area contributed by atoms with Crippen molar-refractivity contribution in [2.75, 3.05) is 32.8 Å². The lowest BCUT2D eigenvalue weighted by molar-refractivity contribution is -0.388. The Kier molecular flexibility index (Phi) is 4.13. The van der Waals surface area contributed by atoms with Gasteiger partial charge in [-0.15, -0.1) is 0 Å². The first-order valence-corrected chi connectivity index (χ1v) is 8.65. The summed E-state index contributed by atoms with van der Waals surface area (Å²) in [5, 5.41) is 11.3. The number of fused-ring (bicyclic) bond motifs is 1. The predicted octanol–water partition coefficient (Wildman–Crippen LogP) is 0.335. The van der Waals surface area contributed by atoms with Crippen LogP contribution in [0.4, 0.5) is 5.69 Å². The molecule has 126 valence electrons. The second-order valence-electron chi connectivity index (χ2n) is 5.47. The molecule has 0 amide bonds. The van der Waals surface area contributed by atoms with Crippen molar-refractivity contribution in [2.24, 2.45) is 11.7 Å². The first kappa shape index (κ1) is 16.0. The highest BCUT2D eigenvalue weighted by Crippen LogP contribution is 2.40. The number of hydrogen-bond acceptors (Lipinski definition) is 7. The number of sulfonamides is 1. The van der Waals surface area contributed by atoms with E-state index >= 15 is 0 Å². The van der Waals surface area contributed by atoms with Gasteiger partial charge in [-0.2, -0.15) is 4.31 Å². The van der Waals surface area contributed by atoms with Crippen molar-refractivity contribution in [3.63, 3.8) is 0 Å². The average Bonchev–Trinajstić information content (AvgIpc) is 3.03. The molecule has 2 N–H and O–H groups in total. The Morgan fingerprint density at radius 2 is 1.96 bits per heavy atom. The SMILES string of the molecule is NCC1CCN(S(=O)(=O)c2cc3c(cc2[N+](=O)[O-])OCCO3)C1. The van der Waals surface area contributed by atoms with E-state index in [9.17, 15) is 18.5 Å². The van der Waals surface area contributed by atoms with Gasteiger partial charge in [0.05, 0.1) is 11.0 Å². The fourth-order valence-corrected chi connectivity index (χ4v) is 4.44. The third kappa shape index (κ3) is 2.84. The van der Waals surface area contributed by atoms with E-state index in [2.05, 4.69) is 0 Å². The second-order valence-corrected chi connectivity index (χ2v) is 7.38. The van der Waals surface area contributed by atoms with Gasteiger partial charge < -0.3 is 15.2 Å². The summed E-state index contributed by atoms with van der Waals surface area (Å²) in [6, 6.07) is 2.29. The molecule has 2 aliphatic rings. The highest BCUT2D eigenvalue weighted by molar-refractivity contribution is 7.89. The Balaban J connectivity index is 2.05. The molecular weight excluding hydrogens is 326 g/mol. The molecular formula is C13H17N3O6S. The van der Waals surface area contributed by atoms with Crippen molar-refractivity contribution in [3.8, 4) is 11.5 Å². The molecule has 1 fully saturated rings. The third-order valence-electron chi connectivity index (χ3n) is 4.02. The first-order chi connectivity index (χ1) is 10.9. The summed E-state index contributed by atoms with van der Waals surface area (Å²) in [7, 11) is -3.99. The van der Waals surface area contributed by atoms with Crippen LogP contribution in [0.5, 0.6) is 11.5 Å². The molecule has 0 aromatic heterocycles. The lowest BCUT2D eigenvalue weighted by Crippen LogP contribution is -2.30. The molecule has 23 heavy (non-hydrogen) atoms. The lowest BCUT2D eigenvalue weighted by Gasteiger charge is -2.21. The molecule has 1 aromatic carbocycles. The van der Waals surface area contributed by atoms with Gasteiger partial charge in [-0.05, 0) is 18.9 Å². The number of nitro groups is 1. The van der Waals surface area contributed by atoms with Crippen LogP contribution < -0.4 is 15.2 Å². The van der Waals surface area contributed by atoms with E-state index in [4.69, 9.17) is 15.2 Å². The van der Waals surface area contributed by atoms with Crippen LogP contribution in [-0.4, -0.2) is 50.5 Å². The van der Waals surface area contributed by atoms with Gasteiger partial charge in [0, 0.05) is 19.2 Å². The second kappa shape index (κ2) is 5.95. The van der Waals surface area contributed by atoms with Crippen molar-refractivity contribution in [2.45, 2.75) is 11.3 Å². The van der Waals surface area contributed by atoms with Crippen molar-refractivity contribution >= 4 is 15.7 Å². The summed E-state index contributed by atoms with van der Waals surface area (Å²) in [6.45, 7) is 1.49. The highest BCUT2D eigenvalue weighted by atomic mass is 32.2. The fourth-order valence-electron chi connectivity index (χ4n) is 2.76. The number of hydrogen-bond donors (Lipinski definition) is 1. The van der Waals surface area contributed by atoms with E-state index in [0.29, 0.717) is 19.5 Å². The Bertz CT molecular complexity index is 735. The molecule has 1 aromatic rings. The Morgan fingerprint density at radius 3 is 2.52 bits per heavy atom. The maximum absolute atomic E-state index is 12.8. The zero-order valence-electron chi connectivity index (χ0n) is 12.3. The number of benzene rings is 1. The van der Waals surface area contributed by atoms with Crippen molar-refractivity contribution in [3.05, 3.63) is 22.2 Å². The van der Waals surface area contributed by atoms with Gasteiger partial charge in [0.1, 0.15) is 13.2 Å². The highest BCUT2D eigenvalue weighted by Gasteiger charge is 2.37. The van der Waals surface area contributed by atoms with Gasteiger partial charge in [0.2, 0.25) is 10.0 Å². The van der Waals surface area contributed by atoms with Crippen LogP contribution in [0.1, 0.15) is 6.42 Å². The summed E-state index contributed by atoms with van der Waals surface area (Å²) in [6.07, 6.45) is 0.647. The van der Waals surface area contributed by atoms with Crippen molar-refractivity contribution in [1.29, 1.82) is 0 Å². The molecule has 1 atom stereocenters. The summed E-state index contributed by atoms with van der Waals surface area (Å²) in [5.41, 5.74) is 5.07. The molecule has 0 spiro atoms. The van der Waals surface area contributed by atoms with E-state index in [-0.39, 0.29) is 42.1 Å². The third-order valence-corrected chi connectivity index (χ3v) is 5.91. The van der Waals surface area contributed by atoms with Gasteiger partial charge in [-0.1, -0.05) is 0 Å². The predicted molar refractivity (Wildman–Crippen MR) is 80.0 cm³/mol. The monoisotopic (exact) mass is 343 g/mol. The standard InChI is InChI=1S/C13H17N3O6S/c14-7-9-1-2-15(8-9)23(19,20)13-6-12-11(21-3-4-22-12)5-10(13)16(17)18/h5-6,9H,1-4,7-8,14H2. The summed E-state index contributed by atoms with van der Waals surface area (Å²) in [5.74, 6) is 0.458. The fraction of sp³-hybridized carbons (Fsp3) is 0.538. The number of rotatable bonds is 4. The minimum atomic E-state index is -3.99. The molecule has 9 nitrogen and oxygen atoms in total. The van der Waals surface area contributed by atoms with Crippen molar-refractivity contribution < 1.29 is 22.8 Å². The molecule has 3 rings (SSSR count). The maximum atomic E-state index is 12.8. The van der Waals surface area contributed by atoms with Crippen LogP contribution in [0, 0.1) is 16.0 Å². The average molecular weight is 343 g/mol. The summed E-state index contributed by atoms with van der Waals surface area (Å²) in [4.78, 5) is 10.2. The number of ether oxygens (including phenoxy) is 2. The topological polar surface area (TPSA) is 125 Å². The van der Waals surface area contributed by atoms with Crippen LogP contribution >= 0.6 is 0 Å². The molecule has 2 aliphatic heterocycles. The van der Waals surface area contributed by atoms with E-state index in [1.54, 1.807) is 0 Å². The first-order valence-electron chi connectivity index (χ1n) is 7.21. The molecule has 0 saturated carbocycles. The van der Waals surface area contributed by atoms with Gasteiger partial charge in [0.25, 0.3) is 5.69 Å². The van der Waals surface area contributed by atoms with Crippen LogP contribution in [0.15, 0.2) is 17.0 Å². The van der Waals surface area contributed by atoms with E-state index < -0.39 is 20.6 Å². The van der Waals surface area contributed by atoms with Crippen LogP contribution in [-0.2, 0) is 10.0 Å². The number of nitro benzene ring substituents is 1. The Hall–Kier alpha value is -1.91. The van der Waals surface area contributed by atoms with Gasteiger partial charge in [0.15, 0.2) is 16.4 Å². The van der Waals surface area contributed by atoms with Crippen molar-refractivity contribution in [1.82, 2.24) is 4.31 Å². The normalized spacial score (nSPS) is 21.3. The largest absolute Gasteiger partial charge is 0.486 e. The Morgan fingerprint density at radius 1 is 1.30 bits per heavy atom. The molecule has 1 unspecified atom stereocenters. The quantitative estimate of drug-likeness (QED) is 0.617. The molecule has 0 bridgehead atoms. The van der Waals surface area contributed by atoms with Crippen LogP contribution in [0.2, 0.25) is 0 Å². The minimum absolute atomic E-state index is 0.0704. The Labute approximate surface area is 133 Å². The van der Waals surface area contributed by atoms with Gasteiger partial charge in [-0.25, -0.2) is 8.42 Å². The van der Waals surface area contributed by atoms with E-state index in [1.165, 1.54) is 10.4 Å². The summed E-state index contributed by atoms with van der Waals surface area (Å²) < 4.78 is 37.5. The van der Waals surface area contributed by atoms with Gasteiger partial charge >= 0.3 is 0 Å². The molecule has 0 radical (unpaired) electrons.